The van der Waals surface area contributed by atoms with Gasteiger partial charge in [-0.15, -0.1) is 0 Å². The van der Waals surface area contributed by atoms with Crippen molar-refractivity contribution in [3.05, 3.63) is 12.2 Å². The number of hydrogen-bond donors (Lipinski definition) is 1. The molecule has 0 rings (SSSR count). The third kappa shape index (κ3) is 27.5. The SMILES string of the molecule is CCCCCCCCCCCCCCCCCCCCCCCC/C=C/C(CC(=O)O)C(=O)OCCC. The highest BCUT2D eigenvalue weighted by Crippen LogP contribution is 2.16. The van der Waals surface area contributed by atoms with E-state index in [4.69, 9.17) is 9.84 Å². The molecular formula is C33H62O4. The molecule has 0 fully saturated rings. The Morgan fingerprint density at radius 2 is 0.973 bits per heavy atom. The van der Waals surface area contributed by atoms with E-state index < -0.39 is 17.9 Å². The molecule has 0 aromatic heterocycles. The third-order valence-electron chi connectivity index (χ3n) is 7.24. The Kier molecular flexibility index (Phi) is 28.2. The second-order valence-corrected chi connectivity index (χ2v) is 11.0. The molecule has 0 aromatic rings. The zero-order valence-electron chi connectivity index (χ0n) is 24.8. The van der Waals surface area contributed by atoms with Gasteiger partial charge in [0.05, 0.1) is 18.9 Å². The smallest absolute Gasteiger partial charge is 0.313 e. The first-order chi connectivity index (χ1) is 18.1. The molecule has 0 aliphatic heterocycles. The molecule has 0 radical (unpaired) electrons. The zero-order valence-corrected chi connectivity index (χ0v) is 24.8. The highest BCUT2D eigenvalue weighted by atomic mass is 16.5. The number of unbranched alkanes of at least 4 members (excludes halogenated alkanes) is 22. The maximum Gasteiger partial charge on any atom is 0.313 e. The average Bonchev–Trinajstić information content (AvgIpc) is 2.88. The molecule has 0 saturated heterocycles. The molecule has 0 heterocycles. The topological polar surface area (TPSA) is 63.6 Å². The highest BCUT2D eigenvalue weighted by molar-refractivity contribution is 5.80. The van der Waals surface area contributed by atoms with E-state index in [-0.39, 0.29) is 6.42 Å². The minimum absolute atomic E-state index is 0.196. The molecule has 4 nitrogen and oxygen atoms in total. The van der Waals surface area contributed by atoms with E-state index in [0.29, 0.717) is 6.61 Å². The molecule has 0 aromatic carbocycles. The fourth-order valence-corrected chi connectivity index (χ4v) is 4.86. The minimum Gasteiger partial charge on any atom is -0.481 e. The number of ether oxygens (including phenoxy) is 1. The molecule has 218 valence electrons. The maximum atomic E-state index is 12.0. The molecule has 1 N–H and O–H groups in total. The Bertz CT molecular complexity index is 528. The molecule has 0 amide bonds. The Labute approximate surface area is 230 Å². The number of carboxylic acids is 1. The van der Waals surface area contributed by atoms with Gasteiger partial charge in [-0.05, 0) is 19.3 Å². The van der Waals surface area contributed by atoms with Gasteiger partial charge in [0.25, 0.3) is 0 Å². The van der Waals surface area contributed by atoms with E-state index >= 15 is 0 Å². The Balaban J connectivity index is 3.39. The second-order valence-electron chi connectivity index (χ2n) is 11.0. The monoisotopic (exact) mass is 522 g/mol. The molecule has 0 bridgehead atoms. The number of carbonyl (C=O) groups is 2. The minimum atomic E-state index is -0.965. The maximum absolute atomic E-state index is 12.0. The number of carboxylic acid groups (broad SMARTS) is 1. The van der Waals surface area contributed by atoms with Crippen LogP contribution in [0.1, 0.15) is 174 Å². The molecule has 0 aliphatic rings. The summed E-state index contributed by atoms with van der Waals surface area (Å²) in [5.41, 5.74) is 0. The van der Waals surface area contributed by atoms with E-state index in [0.717, 1.165) is 19.3 Å². The van der Waals surface area contributed by atoms with E-state index in [9.17, 15) is 9.59 Å². The summed E-state index contributed by atoms with van der Waals surface area (Å²) in [7, 11) is 0. The van der Waals surface area contributed by atoms with Gasteiger partial charge >= 0.3 is 11.9 Å². The summed E-state index contributed by atoms with van der Waals surface area (Å²) in [6.07, 6.45) is 35.6. The first kappa shape index (κ1) is 35.7. The van der Waals surface area contributed by atoms with Crippen molar-refractivity contribution in [1.82, 2.24) is 0 Å². The van der Waals surface area contributed by atoms with Crippen molar-refractivity contribution in [1.29, 1.82) is 0 Å². The molecular weight excluding hydrogens is 460 g/mol. The van der Waals surface area contributed by atoms with Crippen molar-refractivity contribution < 1.29 is 19.4 Å². The van der Waals surface area contributed by atoms with Crippen molar-refractivity contribution in [3.63, 3.8) is 0 Å². The lowest BCUT2D eigenvalue weighted by Gasteiger charge is -2.09. The van der Waals surface area contributed by atoms with Crippen LogP contribution >= 0.6 is 0 Å². The van der Waals surface area contributed by atoms with Crippen LogP contribution in [0, 0.1) is 5.92 Å². The normalized spacial score (nSPS) is 12.3. The van der Waals surface area contributed by atoms with E-state index in [1.807, 2.05) is 13.0 Å². The van der Waals surface area contributed by atoms with Crippen molar-refractivity contribution in [2.24, 2.45) is 5.92 Å². The van der Waals surface area contributed by atoms with E-state index in [1.165, 1.54) is 135 Å². The lowest BCUT2D eigenvalue weighted by atomic mass is 10.0. The van der Waals surface area contributed by atoms with Crippen LogP contribution in [0.15, 0.2) is 12.2 Å². The van der Waals surface area contributed by atoms with Crippen LogP contribution in [0.5, 0.6) is 0 Å². The Hall–Kier alpha value is -1.32. The summed E-state index contributed by atoms with van der Waals surface area (Å²) in [5.74, 6) is -2.05. The van der Waals surface area contributed by atoms with Crippen LogP contribution < -0.4 is 0 Å². The largest absolute Gasteiger partial charge is 0.481 e. The van der Waals surface area contributed by atoms with Crippen LogP contribution in [-0.4, -0.2) is 23.7 Å². The fourth-order valence-electron chi connectivity index (χ4n) is 4.86. The number of rotatable bonds is 29. The first-order valence-corrected chi connectivity index (χ1v) is 16.2. The molecule has 37 heavy (non-hydrogen) atoms. The Morgan fingerprint density at radius 3 is 1.32 bits per heavy atom. The van der Waals surface area contributed by atoms with Gasteiger partial charge in [-0.2, -0.15) is 0 Å². The highest BCUT2D eigenvalue weighted by Gasteiger charge is 2.20. The van der Waals surface area contributed by atoms with Crippen molar-refractivity contribution in [2.75, 3.05) is 6.61 Å². The summed E-state index contributed by atoms with van der Waals surface area (Å²) in [4.78, 5) is 22.9. The number of esters is 1. The van der Waals surface area contributed by atoms with Gasteiger partial charge in [0.15, 0.2) is 0 Å². The predicted octanol–water partition coefficient (Wildman–Crippen LogP) is 10.6. The lowest BCUT2D eigenvalue weighted by molar-refractivity contribution is -0.151. The quantitative estimate of drug-likeness (QED) is 0.0602. The van der Waals surface area contributed by atoms with Gasteiger partial charge in [0, 0.05) is 0 Å². The number of allylic oxidation sites excluding steroid dienone is 1. The second kappa shape index (κ2) is 29.2. The first-order valence-electron chi connectivity index (χ1n) is 16.2. The number of hydrogen-bond acceptors (Lipinski definition) is 3. The lowest BCUT2D eigenvalue weighted by Crippen LogP contribution is -2.19. The Morgan fingerprint density at radius 1 is 0.595 bits per heavy atom. The van der Waals surface area contributed by atoms with Gasteiger partial charge in [-0.25, -0.2) is 0 Å². The van der Waals surface area contributed by atoms with Gasteiger partial charge in [-0.1, -0.05) is 161 Å². The summed E-state index contributed by atoms with van der Waals surface area (Å²) in [6, 6.07) is 0. The number of aliphatic carboxylic acids is 1. The predicted molar refractivity (Wildman–Crippen MR) is 158 cm³/mol. The van der Waals surface area contributed by atoms with Crippen LogP contribution in [0.25, 0.3) is 0 Å². The van der Waals surface area contributed by atoms with Crippen LogP contribution in [0.4, 0.5) is 0 Å². The molecule has 1 unspecified atom stereocenters. The number of carbonyl (C=O) groups excluding carboxylic acids is 1. The molecule has 0 saturated carbocycles. The summed E-state index contributed by atoms with van der Waals surface area (Å²) in [6.45, 7) is 4.56. The van der Waals surface area contributed by atoms with Crippen LogP contribution in [0.3, 0.4) is 0 Å². The summed E-state index contributed by atoms with van der Waals surface area (Å²) in [5, 5.41) is 9.00. The van der Waals surface area contributed by atoms with Gasteiger partial charge in [-0.3, -0.25) is 9.59 Å². The standard InChI is InChI=1S/C33H62O4/c1-3-5-6-7-8-9-10-11-12-13-14-15-16-17-18-19-20-21-22-23-24-25-26-27-28-31(30-32(34)35)33(36)37-29-4-2/h27-28,31H,3-26,29-30H2,1-2H3,(H,34,35)/b28-27+. The van der Waals surface area contributed by atoms with Crippen molar-refractivity contribution in [2.45, 2.75) is 174 Å². The van der Waals surface area contributed by atoms with Gasteiger partial charge in [0.2, 0.25) is 0 Å². The molecule has 0 spiro atoms. The van der Waals surface area contributed by atoms with Crippen LogP contribution in [-0.2, 0) is 14.3 Å². The summed E-state index contributed by atoms with van der Waals surface area (Å²) < 4.78 is 5.11. The van der Waals surface area contributed by atoms with Crippen molar-refractivity contribution >= 4 is 11.9 Å². The zero-order chi connectivity index (χ0) is 27.2. The van der Waals surface area contributed by atoms with Gasteiger partial charge < -0.3 is 9.84 Å². The van der Waals surface area contributed by atoms with E-state index in [1.54, 1.807) is 6.08 Å². The molecule has 4 heteroatoms. The van der Waals surface area contributed by atoms with Gasteiger partial charge in [0.1, 0.15) is 0 Å². The van der Waals surface area contributed by atoms with E-state index in [2.05, 4.69) is 6.92 Å². The van der Waals surface area contributed by atoms with Crippen molar-refractivity contribution in [3.8, 4) is 0 Å². The average molecular weight is 523 g/mol. The molecule has 1 atom stereocenters. The summed E-state index contributed by atoms with van der Waals surface area (Å²) >= 11 is 0. The molecule has 0 aliphatic carbocycles. The fraction of sp³-hybridized carbons (Fsp3) is 0.879. The third-order valence-corrected chi connectivity index (χ3v) is 7.24. The van der Waals surface area contributed by atoms with Crippen LogP contribution in [0.2, 0.25) is 0 Å².